The average molecular weight is 294 g/mol. The lowest BCUT2D eigenvalue weighted by Crippen LogP contribution is -2.27. The van der Waals surface area contributed by atoms with E-state index in [2.05, 4.69) is 10.3 Å². The lowest BCUT2D eigenvalue weighted by molar-refractivity contribution is -0.123. The summed E-state index contributed by atoms with van der Waals surface area (Å²) in [5.41, 5.74) is 3.07. The molecule has 0 saturated carbocycles. The summed E-state index contributed by atoms with van der Waals surface area (Å²) in [6, 6.07) is 9.67. The molecule has 0 aliphatic rings. The van der Waals surface area contributed by atoms with Crippen LogP contribution in [0.25, 0.3) is 22.0 Å². The molecule has 0 spiro atoms. The van der Waals surface area contributed by atoms with Crippen LogP contribution in [0.5, 0.6) is 0 Å². The topological polar surface area (TPSA) is 55.1 Å². The van der Waals surface area contributed by atoms with E-state index in [1.54, 1.807) is 18.7 Å². The van der Waals surface area contributed by atoms with Gasteiger partial charge in [0.05, 0.1) is 23.7 Å². The Kier molecular flexibility index (Phi) is 3.45. The molecule has 112 valence electrons. The van der Waals surface area contributed by atoms with Crippen LogP contribution < -0.4 is 5.32 Å². The van der Waals surface area contributed by atoms with Crippen molar-refractivity contribution in [3.8, 4) is 11.1 Å². The van der Waals surface area contributed by atoms with Gasteiger partial charge in [-0.15, -0.1) is 0 Å². The molecule has 22 heavy (non-hydrogen) atoms. The first-order chi connectivity index (χ1) is 10.5. The maximum atomic E-state index is 12.2. The van der Waals surface area contributed by atoms with E-state index in [1.165, 1.54) is 0 Å². The fourth-order valence-electron chi connectivity index (χ4n) is 2.25. The van der Waals surface area contributed by atoms with Crippen LogP contribution in [-0.2, 0) is 4.79 Å². The van der Waals surface area contributed by atoms with E-state index in [1.807, 2.05) is 51.1 Å². The summed E-state index contributed by atoms with van der Waals surface area (Å²) in [5, 5.41) is 3.95. The fourth-order valence-corrected chi connectivity index (χ4v) is 2.25. The zero-order valence-corrected chi connectivity index (χ0v) is 12.9. The standard InChI is InChI=1S/C18H18N2O2/c1-18(2,3)17(21)20-15-7-6-13(12-8-10-22-11-12)14-5-4-9-19-16(14)15/h4-11H,1-3H3,(H,20,21). The highest BCUT2D eigenvalue weighted by Gasteiger charge is 2.22. The minimum atomic E-state index is -0.454. The van der Waals surface area contributed by atoms with E-state index in [0.29, 0.717) is 0 Å². The van der Waals surface area contributed by atoms with Crippen molar-refractivity contribution in [3.05, 3.63) is 49.1 Å². The molecule has 0 bridgehead atoms. The summed E-state index contributed by atoms with van der Waals surface area (Å²) in [6.45, 7) is 5.66. The maximum Gasteiger partial charge on any atom is 0.229 e. The molecule has 0 radical (unpaired) electrons. The number of hydrogen-bond donors (Lipinski definition) is 1. The first-order valence-electron chi connectivity index (χ1n) is 7.18. The number of pyridine rings is 1. The zero-order valence-electron chi connectivity index (χ0n) is 12.9. The predicted octanol–water partition coefficient (Wildman–Crippen LogP) is 4.48. The molecule has 2 heterocycles. The van der Waals surface area contributed by atoms with Gasteiger partial charge in [0.25, 0.3) is 0 Å². The number of aromatic nitrogens is 1. The van der Waals surface area contributed by atoms with Crippen LogP contribution in [0.1, 0.15) is 20.8 Å². The van der Waals surface area contributed by atoms with Gasteiger partial charge in [-0.05, 0) is 23.8 Å². The summed E-state index contributed by atoms with van der Waals surface area (Å²) in [5.74, 6) is -0.0319. The third kappa shape index (κ3) is 2.60. The Morgan fingerprint density at radius 2 is 2.00 bits per heavy atom. The second-order valence-corrected chi connectivity index (χ2v) is 6.28. The van der Waals surface area contributed by atoms with E-state index in [9.17, 15) is 4.79 Å². The number of anilines is 1. The molecule has 4 nitrogen and oxygen atoms in total. The molecule has 0 unspecified atom stereocenters. The SMILES string of the molecule is CC(C)(C)C(=O)Nc1ccc(-c2ccoc2)c2cccnc12. The number of nitrogens with zero attached hydrogens (tertiary/aromatic N) is 1. The first kappa shape index (κ1) is 14.3. The van der Waals surface area contributed by atoms with Crippen LogP contribution in [0.4, 0.5) is 5.69 Å². The van der Waals surface area contributed by atoms with Crippen molar-refractivity contribution in [1.82, 2.24) is 4.98 Å². The number of amides is 1. The normalized spacial score (nSPS) is 11.6. The molecule has 1 amide bonds. The number of carbonyl (C=O) groups is 1. The Balaban J connectivity index is 2.11. The summed E-state index contributed by atoms with van der Waals surface area (Å²) >= 11 is 0. The molecule has 0 aliphatic carbocycles. The van der Waals surface area contributed by atoms with Gasteiger partial charge in [-0.2, -0.15) is 0 Å². The van der Waals surface area contributed by atoms with Gasteiger partial charge in [-0.25, -0.2) is 0 Å². The van der Waals surface area contributed by atoms with Crippen molar-refractivity contribution in [1.29, 1.82) is 0 Å². The maximum absolute atomic E-state index is 12.2. The molecule has 1 N–H and O–H groups in total. The van der Waals surface area contributed by atoms with Crippen LogP contribution in [0.3, 0.4) is 0 Å². The van der Waals surface area contributed by atoms with Crippen molar-refractivity contribution in [2.24, 2.45) is 5.41 Å². The molecule has 0 atom stereocenters. The Labute approximate surface area is 129 Å². The number of hydrogen-bond acceptors (Lipinski definition) is 3. The fraction of sp³-hybridized carbons (Fsp3) is 0.222. The van der Waals surface area contributed by atoms with Crippen LogP contribution in [0.2, 0.25) is 0 Å². The van der Waals surface area contributed by atoms with E-state index >= 15 is 0 Å². The van der Waals surface area contributed by atoms with Crippen molar-refractivity contribution in [2.45, 2.75) is 20.8 Å². The second kappa shape index (κ2) is 5.30. The van der Waals surface area contributed by atoms with Crippen molar-refractivity contribution in [2.75, 3.05) is 5.32 Å². The van der Waals surface area contributed by atoms with Gasteiger partial charge in [-0.3, -0.25) is 9.78 Å². The lowest BCUT2D eigenvalue weighted by Gasteiger charge is -2.18. The zero-order chi connectivity index (χ0) is 15.7. The van der Waals surface area contributed by atoms with E-state index in [4.69, 9.17) is 4.42 Å². The number of nitrogens with one attached hydrogen (secondary N) is 1. The highest BCUT2D eigenvalue weighted by molar-refractivity contribution is 6.06. The highest BCUT2D eigenvalue weighted by Crippen LogP contribution is 2.32. The van der Waals surface area contributed by atoms with Crippen LogP contribution >= 0.6 is 0 Å². The first-order valence-corrected chi connectivity index (χ1v) is 7.18. The van der Waals surface area contributed by atoms with Crippen LogP contribution in [0.15, 0.2) is 53.5 Å². The smallest absolute Gasteiger partial charge is 0.229 e. The van der Waals surface area contributed by atoms with Gasteiger partial charge in [0.2, 0.25) is 5.91 Å². The molecular formula is C18H18N2O2. The van der Waals surface area contributed by atoms with Gasteiger partial charge in [-0.1, -0.05) is 32.9 Å². The summed E-state index contributed by atoms with van der Waals surface area (Å²) in [6.07, 6.45) is 5.08. The summed E-state index contributed by atoms with van der Waals surface area (Å²) in [7, 11) is 0. The quantitative estimate of drug-likeness (QED) is 0.758. The Bertz CT molecular complexity index is 815. The number of carbonyl (C=O) groups excluding carboxylic acids is 1. The molecule has 2 aromatic heterocycles. The Hall–Kier alpha value is -2.62. The van der Waals surface area contributed by atoms with Crippen molar-refractivity contribution >= 4 is 22.5 Å². The van der Waals surface area contributed by atoms with Crippen molar-refractivity contribution < 1.29 is 9.21 Å². The Morgan fingerprint density at radius 1 is 1.18 bits per heavy atom. The van der Waals surface area contributed by atoms with Crippen LogP contribution in [0, 0.1) is 5.41 Å². The number of rotatable bonds is 2. The van der Waals surface area contributed by atoms with E-state index in [-0.39, 0.29) is 5.91 Å². The molecule has 4 heteroatoms. The van der Waals surface area contributed by atoms with Crippen LogP contribution in [-0.4, -0.2) is 10.9 Å². The predicted molar refractivity (Wildman–Crippen MR) is 87.5 cm³/mol. The molecular weight excluding hydrogens is 276 g/mol. The Morgan fingerprint density at radius 3 is 2.68 bits per heavy atom. The molecule has 0 saturated heterocycles. The van der Waals surface area contributed by atoms with E-state index < -0.39 is 5.41 Å². The highest BCUT2D eigenvalue weighted by atomic mass is 16.3. The molecule has 1 aromatic carbocycles. The van der Waals surface area contributed by atoms with Gasteiger partial charge in [0, 0.05) is 22.6 Å². The number of furan rings is 1. The molecule has 0 aliphatic heterocycles. The van der Waals surface area contributed by atoms with Crippen molar-refractivity contribution in [3.63, 3.8) is 0 Å². The van der Waals surface area contributed by atoms with Gasteiger partial charge < -0.3 is 9.73 Å². The number of benzene rings is 1. The van der Waals surface area contributed by atoms with Gasteiger partial charge >= 0.3 is 0 Å². The molecule has 3 rings (SSSR count). The monoisotopic (exact) mass is 294 g/mol. The second-order valence-electron chi connectivity index (χ2n) is 6.28. The molecule has 3 aromatic rings. The van der Waals surface area contributed by atoms with Gasteiger partial charge in [0.1, 0.15) is 0 Å². The minimum absolute atomic E-state index is 0.0319. The van der Waals surface area contributed by atoms with Gasteiger partial charge in [0.15, 0.2) is 0 Å². The largest absolute Gasteiger partial charge is 0.472 e. The minimum Gasteiger partial charge on any atom is -0.472 e. The molecule has 0 fully saturated rings. The summed E-state index contributed by atoms with van der Waals surface area (Å²) < 4.78 is 5.17. The third-order valence-electron chi connectivity index (χ3n) is 3.53. The lowest BCUT2D eigenvalue weighted by atomic mass is 9.95. The van der Waals surface area contributed by atoms with E-state index in [0.717, 1.165) is 27.7 Å². The number of fused-ring (bicyclic) bond motifs is 1. The average Bonchev–Trinajstić information content (AvgIpc) is 3.00. The third-order valence-corrected chi connectivity index (χ3v) is 3.53. The summed E-state index contributed by atoms with van der Waals surface area (Å²) in [4.78, 5) is 16.7.